The lowest BCUT2D eigenvalue weighted by Crippen LogP contribution is -2.18. The van der Waals surface area contributed by atoms with Gasteiger partial charge in [0, 0.05) is 5.75 Å². The second kappa shape index (κ2) is 7.80. The molecule has 72 valence electrons. The first-order valence-corrected chi connectivity index (χ1v) is 6.14. The number of hydrogen-bond donors (Lipinski definition) is 1. The number of unbranched alkanes of at least 4 members (excludes halogenated alkanes) is 1. The van der Waals surface area contributed by atoms with Crippen molar-refractivity contribution in [2.24, 2.45) is 5.92 Å². The van der Waals surface area contributed by atoms with E-state index in [1.165, 1.54) is 17.9 Å². The van der Waals surface area contributed by atoms with E-state index in [-0.39, 0.29) is 11.9 Å². The summed E-state index contributed by atoms with van der Waals surface area (Å²) in [5, 5.41) is 0. The summed E-state index contributed by atoms with van der Waals surface area (Å²) in [6.07, 6.45) is 3.11. The third-order valence-corrected chi connectivity index (χ3v) is 2.72. The van der Waals surface area contributed by atoms with Crippen LogP contribution < -0.4 is 0 Å². The van der Waals surface area contributed by atoms with Crippen molar-refractivity contribution >= 4 is 28.4 Å². The Morgan fingerprint density at radius 2 is 2.33 bits per heavy atom. The lowest BCUT2D eigenvalue weighted by molar-refractivity contribution is -0.144. The van der Waals surface area contributed by atoms with E-state index in [0.717, 1.165) is 25.0 Å². The molecule has 0 saturated carbocycles. The van der Waals surface area contributed by atoms with Crippen molar-refractivity contribution in [1.29, 1.82) is 0 Å². The van der Waals surface area contributed by atoms with Gasteiger partial charge in [-0.25, -0.2) is 0 Å². The minimum atomic E-state index is -0.106. The molecule has 1 unspecified atom stereocenters. The molecule has 0 aromatic heterocycles. The molecule has 0 aromatic rings. The van der Waals surface area contributed by atoms with Crippen molar-refractivity contribution in [2.45, 2.75) is 26.2 Å². The van der Waals surface area contributed by atoms with Crippen molar-refractivity contribution in [3.05, 3.63) is 0 Å². The number of thiol groups is 1. The number of carbonyl (C=O) groups excluding carboxylic acids is 1. The quantitative estimate of drug-likeness (QED) is 0.413. The normalized spacial score (nSPS) is 12.6. The molecule has 0 aliphatic rings. The average Bonchev–Trinajstić information content (AvgIpc) is 2.11. The first-order valence-electron chi connectivity index (χ1n) is 4.10. The molecule has 0 amide bonds. The summed E-state index contributed by atoms with van der Waals surface area (Å²) >= 11 is 4.02. The zero-order chi connectivity index (χ0) is 9.40. The van der Waals surface area contributed by atoms with Crippen molar-refractivity contribution < 1.29 is 9.53 Å². The highest BCUT2D eigenvalue weighted by molar-refractivity contribution is 8.68. The molecule has 2 nitrogen and oxygen atoms in total. The van der Waals surface area contributed by atoms with E-state index in [0.29, 0.717) is 0 Å². The van der Waals surface area contributed by atoms with Gasteiger partial charge in [0.2, 0.25) is 0 Å². The number of hydrogen-bond acceptors (Lipinski definition) is 4. The topological polar surface area (TPSA) is 26.3 Å². The lowest BCUT2D eigenvalue weighted by Gasteiger charge is -2.11. The largest absolute Gasteiger partial charge is 0.469 e. The molecule has 0 aliphatic heterocycles. The van der Waals surface area contributed by atoms with Crippen molar-refractivity contribution in [3.63, 3.8) is 0 Å². The maximum atomic E-state index is 11.1. The minimum absolute atomic E-state index is 0.0254. The molecule has 0 bridgehead atoms. The Kier molecular flexibility index (Phi) is 7.91. The van der Waals surface area contributed by atoms with E-state index in [1.54, 1.807) is 0 Å². The Labute approximate surface area is 83.2 Å². The van der Waals surface area contributed by atoms with E-state index in [1.807, 2.05) is 0 Å². The summed E-state index contributed by atoms with van der Waals surface area (Å²) in [6.45, 7) is 2.11. The molecule has 0 spiro atoms. The van der Waals surface area contributed by atoms with E-state index in [4.69, 9.17) is 0 Å². The Morgan fingerprint density at radius 1 is 1.67 bits per heavy atom. The molecule has 0 radical (unpaired) electrons. The molecular weight excluding hydrogens is 192 g/mol. The van der Waals surface area contributed by atoms with Crippen LogP contribution in [0.4, 0.5) is 0 Å². The van der Waals surface area contributed by atoms with Gasteiger partial charge in [0.1, 0.15) is 0 Å². The first-order chi connectivity index (χ1) is 5.76. The molecule has 0 aromatic carbocycles. The summed E-state index contributed by atoms with van der Waals surface area (Å²) in [7, 11) is 2.83. The fraction of sp³-hybridized carbons (Fsp3) is 0.875. The van der Waals surface area contributed by atoms with Gasteiger partial charge in [0.05, 0.1) is 13.0 Å². The van der Waals surface area contributed by atoms with Gasteiger partial charge >= 0.3 is 5.97 Å². The van der Waals surface area contributed by atoms with Crippen LogP contribution in [0.5, 0.6) is 0 Å². The number of ether oxygens (including phenoxy) is 1. The second-order valence-corrected chi connectivity index (χ2v) is 4.02. The summed E-state index contributed by atoms with van der Waals surface area (Å²) in [5.41, 5.74) is 0. The van der Waals surface area contributed by atoms with Gasteiger partial charge in [-0.15, -0.1) is 11.7 Å². The van der Waals surface area contributed by atoms with E-state index in [2.05, 4.69) is 23.3 Å². The fourth-order valence-electron chi connectivity index (χ4n) is 0.976. The third kappa shape index (κ3) is 4.93. The van der Waals surface area contributed by atoms with Crippen LogP contribution in [-0.4, -0.2) is 18.8 Å². The van der Waals surface area contributed by atoms with Crippen molar-refractivity contribution in [2.75, 3.05) is 12.9 Å². The zero-order valence-corrected chi connectivity index (χ0v) is 9.29. The Balaban J connectivity index is 3.76. The maximum Gasteiger partial charge on any atom is 0.309 e. The molecule has 0 heterocycles. The second-order valence-electron chi connectivity index (χ2n) is 2.66. The highest BCUT2D eigenvalue weighted by Gasteiger charge is 2.17. The minimum Gasteiger partial charge on any atom is -0.469 e. The van der Waals surface area contributed by atoms with Gasteiger partial charge in [-0.2, -0.15) is 0 Å². The summed E-state index contributed by atoms with van der Waals surface area (Å²) in [4.78, 5) is 11.1. The molecule has 0 fully saturated rings. The maximum absolute atomic E-state index is 11.1. The van der Waals surface area contributed by atoms with Gasteiger partial charge in [0.15, 0.2) is 0 Å². The van der Waals surface area contributed by atoms with Crippen LogP contribution in [0, 0.1) is 5.92 Å². The number of rotatable bonds is 6. The number of carbonyl (C=O) groups is 1. The predicted octanol–water partition coefficient (Wildman–Crippen LogP) is 2.54. The molecule has 0 rings (SSSR count). The molecule has 4 heteroatoms. The summed E-state index contributed by atoms with van der Waals surface area (Å²) < 4.78 is 4.68. The smallest absolute Gasteiger partial charge is 0.309 e. The molecule has 0 aliphatic carbocycles. The van der Waals surface area contributed by atoms with Gasteiger partial charge in [-0.3, -0.25) is 4.79 Å². The molecule has 1 atom stereocenters. The van der Waals surface area contributed by atoms with Crippen LogP contribution in [0.25, 0.3) is 0 Å². The Morgan fingerprint density at radius 3 is 2.75 bits per heavy atom. The highest BCUT2D eigenvalue weighted by atomic mass is 33.1. The van der Waals surface area contributed by atoms with Crippen LogP contribution in [0.3, 0.4) is 0 Å². The Hall–Kier alpha value is 0.170. The van der Waals surface area contributed by atoms with Gasteiger partial charge in [-0.05, 0) is 6.42 Å². The molecule has 0 saturated heterocycles. The van der Waals surface area contributed by atoms with Crippen LogP contribution >= 0.6 is 22.5 Å². The van der Waals surface area contributed by atoms with E-state index < -0.39 is 0 Å². The van der Waals surface area contributed by atoms with Crippen molar-refractivity contribution in [1.82, 2.24) is 0 Å². The summed E-state index contributed by atoms with van der Waals surface area (Å²) in [5.74, 6) is 0.665. The van der Waals surface area contributed by atoms with Crippen molar-refractivity contribution in [3.8, 4) is 0 Å². The molecular formula is C8H16O2S2. The number of methoxy groups -OCH3 is 1. The van der Waals surface area contributed by atoms with Crippen LogP contribution in [0.2, 0.25) is 0 Å². The predicted molar refractivity (Wildman–Crippen MR) is 56.5 cm³/mol. The van der Waals surface area contributed by atoms with Crippen LogP contribution in [0.1, 0.15) is 26.2 Å². The molecule has 0 N–H and O–H groups in total. The molecule has 12 heavy (non-hydrogen) atoms. The van der Waals surface area contributed by atoms with Crippen LogP contribution in [0.15, 0.2) is 0 Å². The SMILES string of the molecule is CCCCC(CSS)C(=O)OC. The standard InChI is InChI=1S/C8H16O2S2/c1-3-4-5-7(6-12-11)8(9)10-2/h7,11H,3-6H2,1-2H3. The number of esters is 1. The zero-order valence-electron chi connectivity index (χ0n) is 7.58. The monoisotopic (exact) mass is 208 g/mol. The van der Waals surface area contributed by atoms with Gasteiger partial charge < -0.3 is 4.74 Å². The Bertz CT molecular complexity index is 128. The lowest BCUT2D eigenvalue weighted by atomic mass is 10.1. The highest BCUT2D eigenvalue weighted by Crippen LogP contribution is 2.18. The van der Waals surface area contributed by atoms with Crippen LogP contribution in [-0.2, 0) is 9.53 Å². The van der Waals surface area contributed by atoms with Gasteiger partial charge in [0.25, 0.3) is 0 Å². The third-order valence-electron chi connectivity index (χ3n) is 1.72. The average molecular weight is 208 g/mol. The van der Waals surface area contributed by atoms with Gasteiger partial charge in [-0.1, -0.05) is 30.6 Å². The fourth-order valence-corrected chi connectivity index (χ4v) is 2.00. The van der Waals surface area contributed by atoms with E-state index >= 15 is 0 Å². The van der Waals surface area contributed by atoms with E-state index in [9.17, 15) is 4.79 Å². The summed E-state index contributed by atoms with van der Waals surface area (Å²) in [6, 6.07) is 0. The first kappa shape index (κ1) is 12.2.